The third-order valence-corrected chi connectivity index (χ3v) is 5.04. The summed E-state index contributed by atoms with van der Waals surface area (Å²) >= 11 is 0. The van der Waals surface area contributed by atoms with Gasteiger partial charge in [0.2, 0.25) is 0 Å². The van der Waals surface area contributed by atoms with Gasteiger partial charge in [-0.15, -0.1) is 0 Å². The molecule has 2 atom stereocenters. The summed E-state index contributed by atoms with van der Waals surface area (Å²) in [5.74, 6) is 0.604. The van der Waals surface area contributed by atoms with Crippen LogP contribution in [0.4, 0.5) is 5.82 Å². The van der Waals surface area contributed by atoms with E-state index < -0.39 is 5.97 Å². The van der Waals surface area contributed by atoms with E-state index in [1.165, 1.54) is 0 Å². The highest BCUT2D eigenvalue weighted by Crippen LogP contribution is 2.32. The van der Waals surface area contributed by atoms with E-state index in [-0.39, 0.29) is 11.8 Å². The van der Waals surface area contributed by atoms with Crippen LogP contribution in [0.25, 0.3) is 22.3 Å². The molecule has 1 aliphatic heterocycles. The molecular weight excluding hydrogens is 328 g/mol. The molecule has 1 fully saturated rings. The molecule has 0 saturated carbocycles. The number of carboxylic acids is 1. The van der Waals surface area contributed by atoms with Crippen molar-refractivity contribution in [2.45, 2.75) is 13.3 Å². The van der Waals surface area contributed by atoms with Gasteiger partial charge >= 0.3 is 5.97 Å². The van der Waals surface area contributed by atoms with Crippen molar-refractivity contribution in [3.05, 3.63) is 48.8 Å². The van der Waals surface area contributed by atoms with Gasteiger partial charge in [-0.05, 0) is 36.6 Å². The highest BCUT2D eigenvalue weighted by molar-refractivity contribution is 5.91. The summed E-state index contributed by atoms with van der Waals surface area (Å²) in [4.78, 5) is 27.2. The number of piperidine rings is 1. The monoisotopic (exact) mass is 348 g/mol. The van der Waals surface area contributed by atoms with E-state index in [1.54, 1.807) is 12.4 Å². The number of aromatic nitrogens is 3. The van der Waals surface area contributed by atoms with Crippen LogP contribution in [-0.2, 0) is 4.79 Å². The van der Waals surface area contributed by atoms with E-state index in [2.05, 4.69) is 9.88 Å². The van der Waals surface area contributed by atoms with E-state index in [9.17, 15) is 9.90 Å². The first-order chi connectivity index (χ1) is 12.6. The van der Waals surface area contributed by atoms with Crippen molar-refractivity contribution in [3.8, 4) is 11.4 Å². The standard InChI is InChI=1S/C20H20N4O2/c1-13-12-24(11-8-15(13)20(25)26)19-16-4-2-3-5-17(16)22-18(23-19)14-6-9-21-10-7-14/h2-7,9-10,13,15H,8,11-12H2,1H3,(H,25,26)/t13-,15+/m1/s1. The maximum absolute atomic E-state index is 11.4. The molecule has 1 saturated heterocycles. The third-order valence-electron chi connectivity index (χ3n) is 5.04. The third kappa shape index (κ3) is 2.98. The quantitative estimate of drug-likeness (QED) is 0.783. The first kappa shape index (κ1) is 16.4. The van der Waals surface area contributed by atoms with Crippen molar-refractivity contribution >= 4 is 22.7 Å². The zero-order valence-electron chi connectivity index (χ0n) is 14.5. The first-order valence-electron chi connectivity index (χ1n) is 8.78. The number of fused-ring (bicyclic) bond motifs is 1. The number of rotatable bonds is 3. The highest BCUT2D eigenvalue weighted by atomic mass is 16.4. The zero-order valence-corrected chi connectivity index (χ0v) is 14.5. The largest absolute Gasteiger partial charge is 0.481 e. The molecule has 26 heavy (non-hydrogen) atoms. The predicted molar refractivity (Wildman–Crippen MR) is 99.9 cm³/mol. The minimum atomic E-state index is -0.706. The van der Waals surface area contributed by atoms with E-state index in [0.717, 1.165) is 22.3 Å². The van der Waals surface area contributed by atoms with E-state index in [4.69, 9.17) is 9.97 Å². The van der Waals surface area contributed by atoms with Gasteiger partial charge in [-0.1, -0.05) is 19.1 Å². The van der Waals surface area contributed by atoms with Gasteiger partial charge in [0.1, 0.15) is 5.82 Å². The summed E-state index contributed by atoms with van der Waals surface area (Å²) in [5, 5.41) is 10.4. The van der Waals surface area contributed by atoms with Crippen LogP contribution in [0.1, 0.15) is 13.3 Å². The average molecular weight is 348 g/mol. The van der Waals surface area contributed by atoms with E-state index in [0.29, 0.717) is 25.3 Å². The Bertz CT molecular complexity index is 945. The average Bonchev–Trinajstić information content (AvgIpc) is 2.67. The lowest BCUT2D eigenvalue weighted by molar-refractivity contribution is -0.144. The van der Waals surface area contributed by atoms with Crippen LogP contribution >= 0.6 is 0 Å². The van der Waals surface area contributed by atoms with Crippen LogP contribution in [0.2, 0.25) is 0 Å². The summed E-state index contributed by atoms with van der Waals surface area (Å²) in [7, 11) is 0. The SMILES string of the molecule is C[C@@H]1CN(c2nc(-c3ccncc3)nc3ccccc23)CC[C@@H]1C(=O)O. The molecule has 3 heterocycles. The number of nitrogens with zero attached hydrogens (tertiary/aromatic N) is 4. The van der Waals surface area contributed by atoms with Gasteiger partial charge in [0.25, 0.3) is 0 Å². The van der Waals surface area contributed by atoms with Crippen LogP contribution in [0.5, 0.6) is 0 Å². The van der Waals surface area contributed by atoms with Crippen molar-refractivity contribution in [2.24, 2.45) is 11.8 Å². The number of carboxylic acid groups (broad SMARTS) is 1. The lowest BCUT2D eigenvalue weighted by atomic mass is 9.87. The Balaban J connectivity index is 1.78. The Kier molecular flexibility index (Phi) is 4.24. The molecule has 3 aromatic rings. The van der Waals surface area contributed by atoms with E-state index >= 15 is 0 Å². The van der Waals surface area contributed by atoms with Gasteiger partial charge in [0, 0.05) is 36.4 Å². The minimum absolute atomic E-state index is 0.0688. The van der Waals surface area contributed by atoms with Crippen LogP contribution in [-0.4, -0.2) is 39.1 Å². The minimum Gasteiger partial charge on any atom is -0.481 e. The Labute approximate surface area is 151 Å². The van der Waals surface area contributed by atoms with Crippen molar-refractivity contribution < 1.29 is 9.90 Å². The number of carbonyl (C=O) groups is 1. The maximum Gasteiger partial charge on any atom is 0.306 e. The molecule has 0 radical (unpaired) electrons. The van der Waals surface area contributed by atoms with Gasteiger partial charge in [0.05, 0.1) is 11.4 Å². The molecule has 2 aromatic heterocycles. The fourth-order valence-electron chi connectivity index (χ4n) is 3.64. The number of pyridine rings is 1. The van der Waals surface area contributed by atoms with Gasteiger partial charge in [0.15, 0.2) is 5.82 Å². The van der Waals surface area contributed by atoms with Crippen LogP contribution in [0, 0.1) is 11.8 Å². The Morgan fingerprint density at radius 3 is 2.65 bits per heavy atom. The second-order valence-electron chi connectivity index (χ2n) is 6.78. The molecular formula is C20H20N4O2. The number of anilines is 1. The molecule has 6 heteroatoms. The molecule has 0 spiro atoms. The molecule has 0 bridgehead atoms. The molecule has 0 aliphatic carbocycles. The predicted octanol–water partition coefficient (Wildman–Crippen LogP) is 3.24. The lowest BCUT2D eigenvalue weighted by Crippen LogP contribution is -2.42. The maximum atomic E-state index is 11.4. The molecule has 0 amide bonds. The first-order valence-corrected chi connectivity index (χ1v) is 8.78. The van der Waals surface area contributed by atoms with Crippen molar-refractivity contribution in [3.63, 3.8) is 0 Å². The topological polar surface area (TPSA) is 79.2 Å². The number of benzene rings is 1. The highest BCUT2D eigenvalue weighted by Gasteiger charge is 2.32. The van der Waals surface area contributed by atoms with Crippen molar-refractivity contribution in [1.29, 1.82) is 0 Å². The van der Waals surface area contributed by atoms with Crippen LogP contribution in [0.3, 0.4) is 0 Å². The molecule has 0 unspecified atom stereocenters. The summed E-state index contributed by atoms with van der Waals surface area (Å²) < 4.78 is 0. The Morgan fingerprint density at radius 1 is 1.15 bits per heavy atom. The molecule has 1 N–H and O–H groups in total. The molecule has 4 rings (SSSR count). The zero-order chi connectivity index (χ0) is 18.1. The van der Waals surface area contributed by atoms with Gasteiger partial charge in [-0.25, -0.2) is 9.97 Å². The second-order valence-corrected chi connectivity index (χ2v) is 6.78. The van der Waals surface area contributed by atoms with Crippen molar-refractivity contribution in [1.82, 2.24) is 15.0 Å². The summed E-state index contributed by atoms with van der Waals surface area (Å²) in [6, 6.07) is 11.7. The molecule has 1 aromatic carbocycles. The molecule has 1 aliphatic rings. The fraction of sp³-hybridized carbons (Fsp3) is 0.300. The van der Waals surface area contributed by atoms with Gasteiger partial charge in [-0.3, -0.25) is 9.78 Å². The second kappa shape index (κ2) is 6.71. The normalized spacial score (nSPS) is 20.3. The number of hydrogen-bond donors (Lipinski definition) is 1. The molecule has 6 nitrogen and oxygen atoms in total. The Morgan fingerprint density at radius 2 is 1.92 bits per heavy atom. The number of aliphatic carboxylic acids is 1. The van der Waals surface area contributed by atoms with Crippen LogP contribution in [0.15, 0.2) is 48.8 Å². The van der Waals surface area contributed by atoms with Gasteiger partial charge < -0.3 is 10.0 Å². The van der Waals surface area contributed by atoms with E-state index in [1.807, 2.05) is 43.3 Å². The smallest absolute Gasteiger partial charge is 0.306 e. The lowest BCUT2D eigenvalue weighted by Gasteiger charge is -2.36. The Hall–Kier alpha value is -3.02. The summed E-state index contributed by atoms with van der Waals surface area (Å²) in [6.45, 7) is 3.35. The summed E-state index contributed by atoms with van der Waals surface area (Å²) in [6.07, 6.45) is 4.08. The van der Waals surface area contributed by atoms with Crippen molar-refractivity contribution in [2.75, 3.05) is 18.0 Å². The van der Waals surface area contributed by atoms with Crippen LogP contribution < -0.4 is 4.90 Å². The molecule has 132 valence electrons. The fourth-order valence-corrected chi connectivity index (χ4v) is 3.64. The van der Waals surface area contributed by atoms with Gasteiger partial charge in [-0.2, -0.15) is 0 Å². The number of hydrogen-bond acceptors (Lipinski definition) is 5. The number of para-hydroxylation sites is 1. The summed E-state index contributed by atoms with van der Waals surface area (Å²) in [5.41, 5.74) is 1.80.